The van der Waals surface area contributed by atoms with Crippen molar-refractivity contribution < 1.29 is 19.3 Å². The van der Waals surface area contributed by atoms with Crippen LogP contribution in [0.2, 0.25) is 0 Å². The summed E-state index contributed by atoms with van der Waals surface area (Å²) < 4.78 is 12.9. The number of nitrogens with zero attached hydrogens (tertiary/aromatic N) is 3. The molecule has 0 amide bonds. The van der Waals surface area contributed by atoms with Crippen molar-refractivity contribution in [1.29, 1.82) is 0 Å². The first-order chi connectivity index (χ1) is 16.8. The Morgan fingerprint density at radius 2 is 1.40 bits per heavy atom. The van der Waals surface area contributed by atoms with E-state index in [1.165, 1.54) is 12.1 Å². The largest absolute Gasteiger partial charge is 0.395 e. The van der Waals surface area contributed by atoms with Crippen molar-refractivity contribution >= 4 is 28.4 Å². The lowest BCUT2D eigenvalue weighted by Gasteiger charge is -2.22. The van der Waals surface area contributed by atoms with Crippen molar-refractivity contribution in [2.75, 3.05) is 48.3 Å². The van der Waals surface area contributed by atoms with Crippen LogP contribution in [0.25, 0.3) is 0 Å². The van der Waals surface area contributed by atoms with E-state index in [1.807, 2.05) is 18.7 Å². The van der Waals surface area contributed by atoms with Crippen LogP contribution in [0.1, 0.15) is 46.5 Å². The van der Waals surface area contributed by atoms with Crippen molar-refractivity contribution in [2.45, 2.75) is 46.5 Å². The monoisotopic (exact) mass is 493 g/mol. The molecule has 194 valence electrons. The normalized spacial score (nSPS) is 10.2. The zero-order valence-corrected chi connectivity index (χ0v) is 20.6. The Kier molecular flexibility index (Phi) is 13.7. The molecule has 10 nitrogen and oxygen atoms in total. The standard InChI is InChI=1S/C14H23N3O3.C10H13FN2O2/c1-3-5-8-15-13-11-12(16(4-2)9-10-18)6-7-14(13)17(19)20;1-2-3-6-12-9-7-8(11)4-5-10(9)13(14)15/h6-7,11,15,18H,3-5,8-10H2,1-2H3;4-5,7,12H,2-3,6H2,1H3. The molecular formula is C24H36FN5O5. The highest BCUT2D eigenvalue weighted by atomic mass is 19.1. The molecule has 0 aliphatic rings. The highest BCUT2D eigenvalue weighted by Gasteiger charge is 2.16. The number of benzene rings is 2. The fourth-order valence-corrected chi connectivity index (χ4v) is 3.22. The van der Waals surface area contributed by atoms with Gasteiger partial charge in [0.05, 0.1) is 16.5 Å². The number of nitro groups is 2. The van der Waals surface area contributed by atoms with Crippen LogP contribution in [-0.2, 0) is 0 Å². The molecule has 0 saturated heterocycles. The zero-order valence-electron chi connectivity index (χ0n) is 20.6. The van der Waals surface area contributed by atoms with Crippen molar-refractivity contribution in [3.8, 4) is 0 Å². The summed E-state index contributed by atoms with van der Waals surface area (Å²) in [5.41, 5.74) is 1.66. The summed E-state index contributed by atoms with van der Waals surface area (Å²) >= 11 is 0. The average Bonchev–Trinajstić information content (AvgIpc) is 2.83. The summed E-state index contributed by atoms with van der Waals surface area (Å²) in [5, 5.41) is 36.7. The zero-order chi connectivity index (χ0) is 26.2. The fraction of sp³-hybridized carbons (Fsp3) is 0.500. The quantitative estimate of drug-likeness (QED) is 0.177. The molecule has 0 spiro atoms. The van der Waals surface area contributed by atoms with Crippen LogP contribution in [0.4, 0.5) is 32.8 Å². The molecule has 0 unspecified atom stereocenters. The lowest BCUT2D eigenvalue weighted by molar-refractivity contribution is -0.384. The summed E-state index contributed by atoms with van der Waals surface area (Å²) in [6, 6.07) is 8.43. The van der Waals surface area contributed by atoms with Crippen LogP contribution in [-0.4, -0.2) is 47.7 Å². The van der Waals surface area contributed by atoms with Gasteiger partial charge in [0, 0.05) is 50.1 Å². The Hall–Kier alpha value is -3.47. The first kappa shape index (κ1) is 29.6. The minimum atomic E-state index is -0.520. The molecule has 0 aromatic heterocycles. The second kappa shape index (κ2) is 16.2. The van der Waals surface area contributed by atoms with Gasteiger partial charge < -0.3 is 20.6 Å². The molecule has 0 atom stereocenters. The molecule has 0 aliphatic carbocycles. The van der Waals surface area contributed by atoms with E-state index in [9.17, 15) is 24.6 Å². The molecule has 3 N–H and O–H groups in total. The highest BCUT2D eigenvalue weighted by Crippen LogP contribution is 2.29. The lowest BCUT2D eigenvalue weighted by atomic mass is 10.2. The van der Waals surface area contributed by atoms with Crippen molar-refractivity contribution in [3.63, 3.8) is 0 Å². The molecular weight excluding hydrogens is 457 g/mol. The number of aliphatic hydroxyl groups excluding tert-OH is 1. The minimum Gasteiger partial charge on any atom is -0.395 e. The summed E-state index contributed by atoms with van der Waals surface area (Å²) in [6.45, 7) is 8.72. The Morgan fingerprint density at radius 3 is 1.86 bits per heavy atom. The summed E-state index contributed by atoms with van der Waals surface area (Å²) in [5.74, 6) is -0.473. The molecule has 0 aliphatic heterocycles. The molecule has 0 bridgehead atoms. The van der Waals surface area contributed by atoms with E-state index in [0.717, 1.165) is 50.0 Å². The highest BCUT2D eigenvalue weighted by molar-refractivity contribution is 5.69. The predicted octanol–water partition coefficient (Wildman–Crippen LogP) is 5.57. The smallest absolute Gasteiger partial charge is 0.292 e. The van der Waals surface area contributed by atoms with Crippen LogP contribution in [0, 0.1) is 26.0 Å². The van der Waals surface area contributed by atoms with E-state index in [-0.39, 0.29) is 28.6 Å². The first-order valence-corrected chi connectivity index (χ1v) is 11.8. The van der Waals surface area contributed by atoms with E-state index in [0.29, 0.717) is 25.3 Å². The topological polar surface area (TPSA) is 134 Å². The Morgan fingerprint density at radius 1 is 0.886 bits per heavy atom. The summed E-state index contributed by atoms with van der Waals surface area (Å²) in [7, 11) is 0. The SMILES string of the molecule is CCCCNc1cc(F)ccc1[N+](=O)[O-].CCCCNc1cc(N(CC)CCO)ccc1[N+](=O)[O-]. The van der Waals surface area contributed by atoms with E-state index in [4.69, 9.17) is 5.11 Å². The van der Waals surface area contributed by atoms with Gasteiger partial charge in [-0.3, -0.25) is 20.2 Å². The van der Waals surface area contributed by atoms with E-state index < -0.39 is 10.7 Å². The van der Waals surface area contributed by atoms with Crippen LogP contribution < -0.4 is 15.5 Å². The average molecular weight is 494 g/mol. The number of unbranched alkanes of at least 4 members (excludes halogenated alkanes) is 2. The van der Waals surface area contributed by atoms with E-state index in [1.54, 1.807) is 12.1 Å². The number of likely N-dealkylation sites (N-methyl/N-ethyl adjacent to an activating group) is 1. The van der Waals surface area contributed by atoms with Crippen molar-refractivity contribution in [3.05, 3.63) is 62.4 Å². The maximum absolute atomic E-state index is 12.9. The van der Waals surface area contributed by atoms with Gasteiger partial charge in [-0.25, -0.2) is 4.39 Å². The van der Waals surface area contributed by atoms with Crippen LogP contribution in [0.15, 0.2) is 36.4 Å². The van der Waals surface area contributed by atoms with Crippen molar-refractivity contribution in [2.24, 2.45) is 0 Å². The number of anilines is 3. The molecule has 0 fully saturated rings. The number of aliphatic hydroxyl groups is 1. The molecule has 2 aromatic carbocycles. The number of nitro benzene ring substituents is 2. The third-order valence-electron chi connectivity index (χ3n) is 5.14. The molecule has 2 aromatic rings. The van der Waals surface area contributed by atoms with Crippen LogP contribution in [0.3, 0.4) is 0 Å². The number of nitrogens with one attached hydrogen (secondary N) is 2. The first-order valence-electron chi connectivity index (χ1n) is 11.8. The molecule has 0 heterocycles. The van der Waals surface area contributed by atoms with Gasteiger partial charge in [0.25, 0.3) is 11.4 Å². The molecule has 35 heavy (non-hydrogen) atoms. The molecule has 11 heteroatoms. The maximum atomic E-state index is 12.9. The van der Waals surface area contributed by atoms with Crippen LogP contribution in [0.5, 0.6) is 0 Å². The van der Waals surface area contributed by atoms with Gasteiger partial charge in [-0.15, -0.1) is 0 Å². The van der Waals surface area contributed by atoms with Gasteiger partial charge in [-0.1, -0.05) is 26.7 Å². The molecule has 0 radical (unpaired) electrons. The maximum Gasteiger partial charge on any atom is 0.292 e. The van der Waals surface area contributed by atoms with Gasteiger partial charge in [-0.2, -0.15) is 0 Å². The van der Waals surface area contributed by atoms with Gasteiger partial charge in [0.2, 0.25) is 0 Å². The van der Waals surface area contributed by atoms with Gasteiger partial charge in [0.15, 0.2) is 0 Å². The predicted molar refractivity (Wildman–Crippen MR) is 138 cm³/mol. The Labute approximate surface area is 205 Å². The summed E-state index contributed by atoms with van der Waals surface area (Å²) in [6.07, 6.45) is 3.88. The second-order valence-corrected chi connectivity index (χ2v) is 7.74. The van der Waals surface area contributed by atoms with E-state index in [2.05, 4.69) is 17.6 Å². The Bertz CT molecular complexity index is 945. The Balaban J connectivity index is 0.000000365. The number of halogens is 1. The van der Waals surface area contributed by atoms with E-state index >= 15 is 0 Å². The molecule has 0 saturated carbocycles. The number of hydrogen-bond donors (Lipinski definition) is 3. The third kappa shape index (κ3) is 10.1. The number of rotatable bonds is 14. The fourth-order valence-electron chi connectivity index (χ4n) is 3.22. The number of hydrogen-bond acceptors (Lipinski definition) is 8. The van der Waals surface area contributed by atoms with Crippen LogP contribution >= 0.6 is 0 Å². The van der Waals surface area contributed by atoms with Gasteiger partial charge >= 0.3 is 0 Å². The van der Waals surface area contributed by atoms with Crippen molar-refractivity contribution in [1.82, 2.24) is 0 Å². The summed E-state index contributed by atoms with van der Waals surface area (Å²) in [4.78, 5) is 22.7. The van der Waals surface area contributed by atoms with Gasteiger partial charge in [0.1, 0.15) is 17.2 Å². The minimum absolute atomic E-state index is 0.0590. The third-order valence-corrected chi connectivity index (χ3v) is 5.14. The second-order valence-electron chi connectivity index (χ2n) is 7.74. The molecule has 2 rings (SSSR count). The lowest BCUT2D eigenvalue weighted by Crippen LogP contribution is -2.26. The van der Waals surface area contributed by atoms with Gasteiger partial charge in [-0.05, 0) is 38.0 Å².